The highest BCUT2D eigenvalue weighted by atomic mass is 16.5. The van der Waals surface area contributed by atoms with Crippen LogP contribution in [-0.4, -0.2) is 26.7 Å². The Labute approximate surface area is 125 Å². The Balaban J connectivity index is 1.68. The molecule has 4 nitrogen and oxygen atoms in total. The van der Waals surface area contributed by atoms with Gasteiger partial charge in [-0.2, -0.15) is 0 Å². The fraction of sp³-hybridized carbons (Fsp3) is 0.588. The van der Waals surface area contributed by atoms with E-state index in [0.29, 0.717) is 0 Å². The van der Waals surface area contributed by atoms with Crippen LogP contribution in [-0.2, 0) is 10.2 Å². The molecule has 4 heteroatoms. The van der Waals surface area contributed by atoms with Crippen LogP contribution < -0.4 is 14.8 Å². The van der Waals surface area contributed by atoms with Gasteiger partial charge in [-0.1, -0.05) is 12.5 Å². The zero-order chi connectivity index (χ0) is 14.9. The summed E-state index contributed by atoms with van der Waals surface area (Å²) in [6.45, 7) is 0.734. The second-order valence-electron chi connectivity index (χ2n) is 6.20. The molecule has 114 valence electrons. The molecule has 0 atom stereocenters. The summed E-state index contributed by atoms with van der Waals surface area (Å²) in [7, 11) is 3.29. The highest BCUT2D eigenvalue weighted by Crippen LogP contribution is 2.49. The molecule has 0 radical (unpaired) electrons. The van der Waals surface area contributed by atoms with E-state index in [1.54, 1.807) is 14.2 Å². The number of hydrogen-bond acceptors (Lipinski definition) is 3. The van der Waals surface area contributed by atoms with Gasteiger partial charge in [-0.25, -0.2) is 0 Å². The number of carbonyl (C=O) groups is 1. The van der Waals surface area contributed by atoms with Gasteiger partial charge in [0.25, 0.3) is 0 Å². The Bertz CT molecular complexity index is 533. The number of nitrogens with one attached hydrogen (secondary N) is 1. The first-order chi connectivity index (χ1) is 10.2. The van der Waals surface area contributed by atoms with E-state index in [-0.39, 0.29) is 17.2 Å². The average molecular weight is 289 g/mol. The molecule has 2 aliphatic rings. The maximum absolute atomic E-state index is 12.0. The lowest BCUT2D eigenvalue weighted by molar-refractivity contribution is -0.127. The quantitative estimate of drug-likeness (QED) is 0.876. The van der Waals surface area contributed by atoms with Crippen LogP contribution in [0.5, 0.6) is 11.5 Å². The number of ether oxygens (including phenoxy) is 2. The molecule has 21 heavy (non-hydrogen) atoms. The van der Waals surface area contributed by atoms with Gasteiger partial charge in [-0.3, -0.25) is 4.79 Å². The predicted molar refractivity (Wildman–Crippen MR) is 80.8 cm³/mol. The smallest absolute Gasteiger partial charge is 0.223 e. The van der Waals surface area contributed by atoms with Crippen LogP contribution in [0.3, 0.4) is 0 Å². The number of amides is 1. The first-order valence-corrected chi connectivity index (χ1v) is 7.69. The lowest BCUT2D eigenvalue weighted by Gasteiger charge is -2.26. The molecule has 3 rings (SSSR count). The number of benzene rings is 1. The van der Waals surface area contributed by atoms with E-state index in [1.807, 2.05) is 12.1 Å². The van der Waals surface area contributed by atoms with E-state index in [2.05, 4.69) is 11.4 Å². The summed E-state index contributed by atoms with van der Waals surface area (Å²) in [5.41, 5.74) is 1.33. The van der Waals surface area contributed by atoms with Crippen molar-refractivity contribution < 1.29 is 14.3 Å². The third-order valence-electron chi connectivity index (χ3n) is 4.93. The summed E-state index contributed by atoms with van der Waals surface area (Å²) in [5, 5.41) is 3.14. The van der Waals surface area contributed by atoms with Crippen molar-refractivity contribution in [3.8, 4) is 11.5 Å². The number of rotatable bonds is 6. The molecule has 0 aliphatic heterocycles. The maximum atomic E-state index is 12.0. The van der Waals surface area contributed by atoms with Crippen molar-refractivity contribution in [2.24, 2.45) is 5.92 Å². The normalized spacial score (nSPS) is 19.5. The van der Waals surface area contributed by atoms with Gasteiger partial charge in [0.05, 0.1) is 14.2 Å². The molecule has 2 fully saturated rings. The summed E-state index contributed by atoms with van der Waals surface area (Å²) in [5.74, 6) is 1.99. The Morgan fingerprint density at radius 1 is 1.24 bits per heavy atom. The van der Waals surface area contributed by atoms with E-state index >= 15 is 0 Å². The SMILES string of the molecule is COc1ccc(C2(CNC(=O)C3CCC3)CC2)cc1OC. The number of hydrogen-bond donors (Lipinski definition) is 1. The van der Waals surface area contributed by atoms with E-state index in [0.717, 1.165) is 43.7 Å². The van der Waals surface area contributed by atoms with Crippen LogP contribution in [0, 0.1) is 5.92 Å². The molecule has 0 aromatic heterocycles. The van der Waals surface area contributed by atoms with E-state index in [9.17, 15) is 4.79 Å². The third kappa shape index (κ3) is 2.71. The van der Waals surface area contributed by atoms with Gasteiger partial charge in [0.1, 0.15) is 0 Å². The van der Waals surface area contributed by atoms with E-state index in [4.69, 9.17) is 9.47 Å². The van der Waals surface area contributed by atoms with Gasteiger partial charge < -0.3 is 14.8 Å². The molecule has 1 amide bonds. The van der Waals surface area contributed by atoms with Crippen molar-refractivity contribution in [3.63, 3.8) is 0 Å². The minimum Gasteiger partial charge on any atom is -0.493 e. The lowest BCUT2D eigenvalue weighted by Crippen LogP contribution is -2.38. The van der Waals surface area contributed by atoms with Crippen molar-refractivity contribution in [3.05, 3.63) is 23.8 Å². The van der Waals surface area contributed by atoms with Crippen LogP contribution in [0.25, 0.3) is 0 Å². The van der Waals surface area contributed by atoms with Gasteiger partial charge in [0, 0.05) is 17.9 Å². The zero-order valence-electron chi connectivity index (χ0n) is 12.8. The highest BCUT2D eigenvalue weighted by molar-refractivity contribution is 5.79. The van der Waals surface area contributed by atoms with Crippen molar-refractivity contribution in [1.82, 2.24) is 5.32 Å². The standard InChI is InChI=1S/C17H23NO3/c1-20-14-7-6-13(10-15(14)21-2)17(8-9-17)11-18-16(19)12-4-3-5-12/h6-7,10,12H,3-5,8-9,11H2,1-2H3,(H,18,19). The van der Waals surface area contributed by atoms with Crippen molar-refractivity contribution in [2.75, 3.05) is 20.8 Å². The Morgan fingerprint density at radius 2 is 1.95 bits per heavy atom. The number of carbonyl (C=O) groups excluding carboxylic acids is 1. The third-order valence-corrected chi connectivity index (χ3v) is 4.93. The van der Waals surface area contributed by atoms with Gasteiger partial charge in [-0.05, 0) is 43.4 Å². The molecular weight excluding hydrogens is 266 g/mol. The monoisotopic (exact) mass is 289 g/mol. The van der Waals surface area contributed by atoms with Crippen LogP contribution in [0.2, 0.25) is 0 Å². The van der Waals surface area contributed by atoms with E-state index < -0.39 is 0 Å². The largest absolute Gasteiger partial charge is 0.493 e. The summed E-state index contributed by atoms with van der Waals surface area (Å²) >= 11 is 0. The molecule has 2 saturated carbocycles. The molecular formula is C17H23NO3. The van der Waals surface area contributed by atoms with Gasteiger partial charge in [-0.15, -0.1) is 0 Å². The highest BCUT2D eigenvalue weighted by Gasteiger charge is 2.45. The van der Waals surface area contributed by atoms with Crippen molar-refractivity contribution in [1.29, 1.82) is 0 Å². The fourth-order valence-electron chi connectivity index (χ4n) is 2.96. The molecule has 1 N–H and O–H groups in total. The minimum atomic E-state index is 0.0962. The van der Waals surface area contributed by atoms with Crippen LogP contribution >= 0.6 is 0 Å². The number of methoxy groups -OCH3 is 2. The first-order valence-electron chi connectivity index (χ1n) is 7.69. The fourth-order valence-corrected chi connectivity index (χ4v) is 2.96. The van der Waals surface area contributed by atoms with E-state index in [1.165, 1.54) is 12.0 Å². The Morgan fingerprint density at radius 3 is 2.48 bits per heavy atom. The topological polar surface area (TPSA) is 47.6 Å². The minimum absolute atomic E-state index is 0.0962. The van der Waals surface area contributed by atoms with Crippen LogP contribution in [0.1, 0.15) is 37.7 Å². The van der Waals surface area contributed by atoms with Crippen LogP contribution in [0.15, 0.2) is 18.2 Å². The molecule has 0 unspecified atom stereocenters. The molecule has 0 saturated heterocycles. The summed E-state index contributed by atoms with van der Waals surface area (Å²) in [6, 6.07) is 6.08. The zero-order valence-corrected chi connectivity index (χ0v) is 12.8. The molecule has 0 bridgehead atoms. The Hall–Kier alpha value is -1.71. The van der Waals surface area contributed by atoms with Gasteiger partial charge >= 0.3 is 0 Å². The average Bonchev–Trinajstić information content (AvgIpc) is 3.23. The molecule has 0 heterocycles. The van der Waals surface area contributed by atoms with Gasteiger partial charge in [0.15, 0.2) is 11.5 Å². The lowest BCUT2D eigenvalue weighted by atomic mass is 9.84. The molecule has 1 aromatic carbocycles. The van der Waals surface area contributed by atoms with Crippen molar-refractivity contribution in [2.45, 2.75) is 37.5 Å². The van der Waals surface area contributed by atoms with Gasteiger partial charge in [0.2, 0.25) is 5.91 Å². The molecule has 1 aromatic rings. The maximum Gasteiger partial charge on any atom is 0.223 e. The molecule has 0 spiro atoms. The van der Waals surface area contributed by atoms with Crippen LogP contribution in [0.4, 0.5) is 0 Å². The summed E-state index contributed by atoms with van der Waals surface area (Å²) < 4.78 is 10.7. The Kier molecular flexibility index (Phi) is 3.79. The summed E-state index contributed by atoms with van der Waals surface area (Å²) in [6.07, 6.45) is 5.53. The first kappa shape index (κ1) is 14.2. The predicted octanol–water partition coefficient (Wildman–Crippen LogP) is 2.65. The second kappa shape index (κ2) is 5.58. The second-order valence-corrected chi connectivity index (χ2v) is 6.20. The summed E-state index contributed by atoms with van der Waals surface area (Å²) in [4.78, 5) is 12.0. The molecule has 2 aliphatic carbocycles. The van der Waals surface area contributed by atoms with Crippen molar-refractivity contribution >= 4 is 5.91 Å².